The van der Waals surface area contributed by atoms with Crippen molar-refractivity contribution in [3.05, 3.63) is 0 Å². The average molecular weight is 717 g/mol. The summed E-state index contributed by atoms with van der Waals surface area (Å²) in [6.45, 7) is 13.1. The number of rotatable bonds is 18. The SMILES string of the molecule is CCC(O)CS[As](CC)CC.CCC[As](CCC)SCC(O)CC.C[As](C)SCC(O)CO. The first kappa shape index (κ1) is 40.1. The summed E-state index contributed by atoms with van der Waals surface area (Å²) < 4.78 is 0. The van der Waals surface area contributed by atoms with Crippen molar-refractivity contribution in [2.45, 2.75) is 118 Å². The predicted octanol–water partition coefficient (Wildman–Crippen LogP) is 6.15. The molecule has 0 aliphatic carbocycles. The zero-order valence-electron chi connectivity index (χ0n) is 22.6. The van der Waals surface area contributed by atoms with Gasteiger partial charge < -0.3 is 0 Å². The molecular formula is C23H55As3O4S3. The summed E-state index contributed by atoms with van der Waals surface area (Å²) in [5, 5.41) is 41.6. The van der Waals surface area contributed by atoms with E-state index in [2.05, 4.69) is 66.1 Å². The van der Waals surface area contributed by atoms with Crippen molar-refractivity contribution in [3.63, 3.8) is 0 Å². The Labute approximate surface area is 230 Å². The van der Waals surface area contributed by atoms with E-state index in [9.17, 15) is 10.2 Å². The van der Waals surface area contributed by atoms with E-state index in [1.165, 1.54) is 33.7 Å². The van der Waals surface area contributed by atoms with Crippen LogP contribution in [0.15, 0.2) is 0 Å². The molecule has 0 rings (SSSR count). The molecular weight excluding hydrogens is 661 g/mol. The first-order valence-electron chi connectivity index (χ1n) is 12.4. The monoisotopic (exact) mass is 716 g/mol. The molecule has 3 atom stereocenters. The van der Waals surface area contributed by atoms with E-state index in [4.69, 9.17) is 10.2 Å². The van der Waals surface area contributed by atoms with Gasteiger partial charge >= 0.3 is 233 Å². The van der Waals surface area contributed by atoms with Crippen LogP contribution in [0, 0.1) is 0 Å². The topological polar surface area (TPSA) is 80.9 Å². The van der Waals surface area contributed by atoms with Gasteiger partial charge in [-0.3, -0.25) is 0 Å². The average Bonchev–Trinajstić information content (AvgIpc) is 2.82. The van der Waals surface area contributed by atoms with Crippen molar-refractivity contribution >= 4 is 70.6 Å². The molecule has 33 heavy (non-hydrogen) atoms. The van der Waals surface area contributed by atoms with Crippen LogP contribution in [-0.2, 0) is 0 Å². The molecule has 4 N–H and O–H groups in total. The van der Waals surface area contributed by atoms with Crippen molar-refractivity contribution < 1.29 is 20.4 Å². The fraction of sp³-hybridized carbons (Fsp3) is 1.00. The van der Waals surface area contributed by atoms with Crippen molar-refractivity contribution in [2.75, 3.05) is 23.9 Å². The van der Waals surface area contributed by atoms with Crippen LogP contribution in [0.2, 0.25) is 32.3 Å². The van der Waals surface area contributed by atoms with Gasteiger partial charge in [-0.25, -0.2) is 0 Å². The Morgan fingerprint density at radius 3 is 1.30 bits per heavy atom. The molecule has 4 nitrogen and oxygen atoms in total. The normalized spacial score (nSPS) is 13.9. The Morgan fingerprint density at radius 1 is 0.606 bits per heavy atom. The van der Waals surface area contributed by atoms with E-state index >= 15 is 0 Å². The third-order valence-corrected chi connectivity index (χ3v) is 29.2. The van der Waals surface area contributed by atoms with Crippen LogP contribution in [0.4, 0.5) is 0 Å². The number of hydrogen-bond donors (Lipinski definition) is 4. The number of aliphatic hydroxyl groups excluding tert-OH is 4. The van der Waals surface area contributed by atoms with Crippen LogP contribution < -0.4 is 0 Å². The van der Waals surface area contributed by atoms with Gasteiger partial charge in [0.15, 0.2) is 0 Å². The molecule has 0 aromatic rings. The standard InChI is InChI=1S/C10H23AsOS.C8H19AsOS.C5H13AsO2S/c1-4-7-11(8-5-2)13-9-10(12)6-3;1-4-8(10)7-11-9(5-2)6-3;1-6(2)9-4-5(8)3-7/h10,12H,4-9H2,1-3H3;8,10H,4-7H2,1-3H3;5,7-8H,3-4H2,1-2H3. The Balaban J connectivity index is -0.000000416. The van der Waals surface area contributed by atoms with Gasteiger partial charge in [0.05, 0.1) is 0 Å². The van der Waals surface area contributed by atoms with Gasteiger partial charge in [-0.2, -0.15) is 0 Å². The van der Waals surface area contributed by atoms with Gasteiger partial charge in [0.1, 0.15) is 0 Å². The predicted molar refractivity (Wildman–Crippen MR) is 163 cm³/mol. The summed E-state index contributed by atoms with van der Waals surface area (Å²) in [4.78, 5) is 0. The Kier molecular flexibility index (Phi) is 37.4. The molecule has 0 saturated carbocycles. The maximum absolute atomic E-state index is 9.45. The van der Waals surface area contributed by atoms with Crippen molar-refractivity contribution in [3.8, 4) is 0 Å². The molecule has 0 amide bonds. The molecule has 0 aliphatic heterocycles. The van der Waals surface area contributed by atoms with Gasteiger partial charge in [-0.1, -0.05) is 0 Å². The van der Waals surface area contributed by atoms with E-state index in [-0.39, 0.29) is 18.8 Å². The quantitative estimate of drug-likeness (QED) is 0.127. The Hall–Kier alpha value is 2.57. The number of aliphatic hydroxyl groups is 4. The first-order chi connectivity index (χ1) is 15.6. The van der Waals surface area contributed by atoms with E-state index in [1.54, 1.807) is 10.0 Å². The van der Waals surface area contributed by atoms with Gasteiger partial charge in [-0.15, -0.1) is 0 Å². The zero-order valence-corrected chi connectivity index (χ0v) is 30.7. The third-order valence-electron chi connectivity index (χ3n) is 4.23. The van der Waals surface area contributed by atoms with Crippen LogP contribution in [-0.4, -0.2) is 103 Å². The molecule has 10 heteroatoms. The Bertz CT molecular complexity index is 366. The van der Waals surface area contributed by atoms with Gasteiger partial charge in [0.2, 0.25) is 0 Å². The Morgan fingerprint density at radius 2 is 1.00 bits per heavy atom. The molecule has 3 unspecified atom stereocenters. The fourth-order valence-electron chi connectivity index (χ4n) is 2.05. The summed E-state index contributed by atoms with van der Waals surface area (Å²) >= 11 is -1.83. The minimum absolute atomic E-state index is 0.0596. The van der Waals surface area contributed by atoms with Crippen LogP contribution in [0.1, 0.15) is 67.2 Å². The zero-order chi connectivity index (χ0) is 26.1. The molecule has 204 valence electrons. The second-order valence-electron chi connectivity index (χ2n) is 7.70. The second-order valence-corrected chi connectivity index (χ2v) is 35.5. The number of hydrogen-bond acceptors (Lipinski definition) is 7. The molecule has 0 aromatic heterocycles. The molecule has 0 bridgehead atoms. The van der Waals surface area contributed by atoms with Crippen LogP contribution in [0.5, 0.6) is 0 Å². The summed E-state index contributed by atoms with van der Waals surface area (Å²) in [5.74, 6) is 2.65. The second kappa shape index (κ2) is 30.8. The molecule has 0 radical (unpaired) electrons. The molecule has 0 aromatic carbocycles. The van der Waals surface area contributed by atoms with Gasteiger partial charge in [0, 0.05) is 0 Å². The van der Waals surface area contributed by atoms with Gasteiger partial charge in [0.25, 0.3) is 0 Å². The summed E-state index contributed by atoms with van der Waals surface area (Å²) in [6, 6.07) is 0. The van der Waals surface area contributed by atoms with Crippen LogP contribution in [0.25, 0.3) is 0 Å². The molecule has 0 fully saturated rings. The summed E-state index contributed by atoms with van der Waals surface area (Å²) in [7, 11) is 5.95. The molecule has 0 aliphatic rings. The van der Waals surface area contributed by atoms with E-state index < -0.39 is 46.6 Å². The van der Waals surface area contributed by atoms with E-state index in [0.29, 0.717) is 5.75 Å². The van der Waals surface area contributed by atoms with E-state index in [1.807, 2.05) is 6.92 Å². The van der Waals surface area contributed by atoms with Crippen molar-refractivity contribution in [1.29, 1.82) is 0 Å². The molecule has 0 spiro atoms. The first-order valence-corrected chi connectivity index (χ1v) is 31.1. The van der Waals surface area contributed by atoms with Crippen molar-refractivity contribution in [2.24, 2.45) is 0 Å². The van der Waals surface area contributed by atoms with E-state index in [0.717, 1.165) is 24.3 Å². The minimum atomic E-state index is -0.651. The van der Waals surface area contributed by atoms with Crippen LogP contribution in [0.3, 0.4) is 0 Å². The van der Waals surface area contributed by atoms with Crippen LogP contribution >= 0.6 is 30.1 Å². The van der Waals surface area contributed by atoms with Crippen molar-refractivity contribution in [1.82, 2.24) is 0 Å². The van der Waals surface area contributed by atoms with Gasteiger partial charge in [-0.05, 0) is 0 Å². The summed E-state index contributed by atoms with van der Waals surface area (Å²) in [5.41, 5.74) is 4.42. The summed E-state index contributed by atoms with van der Waals surface area (Å²) in [6.07, 6.45) is 3.85. The maximum atomic E-state index is 9.45. The molecule has 0 heterocycles. The fourth-order valence-corrected chi connectivity index (χ4v) is 21.6. The third kappa shape index (κ3) is 32.5. The molecule has 0 saturated heterocycles.